The average Bonchev–Trinajstić information content (AvgIpc) is 2.63. The van der Waals surface area contributed by atoms with Gasteiger partial charge >= 0.3 is 0 Å². The number of carbonyl (C=O) groups is 1. The van der Waals surface area contributed by atoms with Crippen LogP contribution in [0.25, 0.3) is 0 Å². The predicted molar refractivity (Wildman–Crippen MR) is 58.2 cm³/mol. The van der Waals surface area contributed by atoms with Crippen molar-refractivity contribution in [1.29, 1.82) is 0 Å². The number of hydrogen-bond donors (Lipinski definition) is 3. The maximum atomic E-state index is 11.7. The summed E-state index contributed by atoms with van der Waals surface area (Å²) in [5.74, 6) is -0.394. The number of amidine groups is 1. The van der Waals surface area contributed by atoms with Crippen LogP contribution >= 0.6 is 0 Å². The molecule has 1 amide bonds. The number of carbonyl (C=O) groups excluding carboxylic acids is 1. The Hall–Kier alpha value is -2.05. The Kier molecular flexibility index (Phi) is 3.17. The van der Waals surface area contributed by atoms with Crippen molar-refractivity contribution in [3.05, 3.63) is 18.0 Å². The molecular formula is C9H15N5O2. The summed E-state index contributed by atoms with van der Waals surface area (Å²) in [5.41, 5.74) is 4.95. The van der Waals surface area contributed by atoms with Crippen LogP contribution in [-0.4, -0.2) is 32.3 Å². The van der Waals surface area contributed by atoms with E-state index in [1.54, 1.807) is 27.1 Å². The second-order valence-electron chi connectivity index (χ2n) is 3.97. The number of hydrogen-bond acceptors (Lipinski definition) is 4. The topological polar surface area (TPSA) is 106 Å². The van der Waals surface area contributed by atoms with Crippen LogP contribution in [0.15, 0.2) is 17.5 Å². The van der Waals surface area contributed by atoms with Crippen LogP contribution in [0, 0.1) is 0 Å². The van der Waals surface area contributed by atoms with Gasteiger partial charge in [-0.1, -0.05) is 5.16 Å². The molecule has 0 bridgehead atoms. The van der Waals surface area contributed by atoms with Gasteiger partial charge in [0, 0.05) is 13.2 Å². The van der Waals surface area contributed by atoms with Gasteiger partial charge in [0.2, 0.25) is 0 Å². The van der Waals surface area contributed by atoms with Crippen LogP contribution in [0.3, 0.4) is 0 Å². The highest BCUT2D eigenvalue weighted by atomic mass is 16.4. The standard InChI is InChI=1S/C9H15N5O2/c1-9(2,8(10)13-16)12-7(15)6-4-11-14(3)5-6/h4-5,16H,1-3H3,(H2,10,13)(H,12,15). The second-order valence-corrected chi connectivity index (χ2v) is 3.97. The van der Waals surface area contributed by atoms with Crippen LogP contribution in [-0.2, 0) is 7.05 Å². The molecule has 7 heteroatoms. The van der Waals surface area contributed by atoms with Crippen LogP contribution < -0.4 is 11.1 Å². The minimum absolute atomic E-state index is 0.0651. The maximum Gasteiger partial charge on any atom is 0.255 e. The first kappa shape index (κ1) is 12.0. The number of rotatable bonds is 3. The summed E-state index contributed by atoms with van der Waals surface area (Å²) >= 11 is 0. The molecule has 4 N–H and O–H groups in total. The highest BCUT2D eigenvalue weighted by Crippen LogP contribution is 2.05. The van der Waals surface area contributed by atoms with Crippen molar-refractivity contribution in [2.45, 2.75) is 19.4 Å². The van der Waals surface area contributed by atoms with Gasteiger partial charge in [-0.05, 0) is 13.8 Å². The summed E-state index contributed by atoms with van der Waals surface area (Å²) in [6, 6.07) is 0. The number of nitrogens with one attached hydrogen (secondary N) is 1. The summed E-state index contributed by atoms with van der Waals surface area (Å²) in [4.78, 5) is 11.7. The number of aryl methyl sites for hydroxylation is 1. The summed E-state index contributed by atoms with van der Waals surface area (Å²) < 4.78 is 1.52. The highest BCUT2D eigenvalue weighted by molar-refractivity contribution is 5.99. The van der Waals surface area contributed by atoms with E-state index < -0.39 is 5.54 Å². The lowest BCUT2D eigenvalue weighted by Crippen LogP contribution is -2.53. The first-order chi connectivity index (χ1) is 7.36. The third-order valence-electron chi connectivity index (χ3n) is 2.14. The average molecular weight is 225 g/mol. The molecule has 0 aliphatic rings. The zero-order chi connectivity index (χ0) is 12.3. The van der Waals surface area contributed by atoms with Gasteiger partial charge in [0.15, 0.2) is 5.84 Å². The molecule has 0 aliphatic carbocycles. The van der Waals surface area contributed by atoms with E-state index in [0.29, 0.717) is 5.56 Å². The molecule has 16 heavy (non-hydrogen) atoms. The SMILES string of the molecule is Cn1cc(C(=O)NC(C)(C)/C(N)=N/O)cn1. The van der Waals surface area contributed by atoms with Crippen molar-refractivity contribution in [3.63, 3.8) is 0 Å². The Morgan fingerprint density at radius 1 is 1.69 bits per heavy atom. The number of aromatic nitrogens is 2. The fourth-order valence-corrected chi connectivity index (χ4v) is 1.08. The zero-order valence-electron chi connectivity index (χ0n) is 9.43. The molecule has 0 saturated heterocycles. The van der Waals surface area contributed by atoms with Gasteiger partial charge in [0.25, 0.3) is 5.91 Å². The molecule has 0 fully saturated rings. The third kappa shape index (κ3) is 2.50. The summed E-state index contributed by atoms with van der Waals surface area (Å²) in [6.45, 7) is 3.27. The van der Waals surface area contributed by atoms with Gasteiger partial charge in [-0.3, -0.25) is 9.48 Å². The van der Waals surface area contributed by atoms with Gasteiger partial charge in [-0.2, -0.15) is 5.10 Å². The zero-order valence-corrected chi connectivity index (χ0v) is 9.43. The minimum atomic E-state index is -0.915. The highest BCUT2D eigenvalue weighted by Gasteiger charge is 2.26. The molecule has 1 heterocycles. The van der Waals surface area contributed by atoms with E-state index >= 15 is 0 Å². The fourth-order valence-electron chi connectivity index (χ4n) is 1.08. The lowest BCUT2D eigenvalue weighted by atomic mass is 10.0. The van der Waals surface area contributed by atoms with Gasteiger partial charge < -0.3 is 16.3 Å². The Balaban J connectivity index is 2.79. The molecule has 1 rings (SSSR count). The molecule has 0 unspecified atom stereocenters. The lowest BCUT2D eigenvalue weighted by Gasteiger charge is -2.23. The molecule has 88 valence electrons. The first-order valence-corrected chi connectivity index (χ1v) is 4.66. The first-order valence-electron chi connectivity index (χ1n) is 4.66. The lowest BCUT2D eigenvalue weighted by molar-refractivity contribution is 0.0930. The largest absolute Gasteiger partial charge is 0.409 e. The van der Waals surface area contributed by atoms with E-state index in [1.807, 2.05) is 0 Å². The van der Waals surface area contributed by atoms with Crippen molar-refractivity contribution in [2.75, 3.05) is 0 Å². The second kappa shape index (κ2) is 4.21. The van der Waals surface area contributed by atoms with E-state index in [9.17, 15) is 4.79 Å². The molecule has 0 aliphatic heterocycles. The van der Waals surface area contributed by atoms with E-state index in [-0.39, 0.29) is 11.7 Å². The van der Waals surface area contributed by atoms with Crippen LogP contribution in [0.5, 0.6) is 0 Å². The molecule has 0 spiro atoms. The number of oxime groups is 1. The fraction of sp³-hybridized carbons (Fsp3) is 0.444. The van der Waals surface area contributed by atoms with Crippen molar-refractivity contribution in [2.24, 2.45) is 17.9 Å². The van der Waals surface area contributed by atoms with Gasteiger partial charge in [-0.15, -0.1) is 0 Å². The quantitative estimate of drug-likeness (QED) is 0.283. The van der Waals surface area contributed by atoms with E-state index in [0.717, 1.165) is 0 Å². The van der Waals surface area contributed by atoms with Crippen molar-refractivity contribution in [3.8, 4) is 0 Å². The molecule has 1 aromatic heterocycles. The van der Waals surface area contributed by atoms with Gasteiger partial charge in [-0.25, -0.2) is 0 Å². The molecule has 0 saturated carbocycles. The predicted octanol–water partition coefficient (Wildman–Crippen LogP) is -0.325. The Bertz CT molecular complexity index is 421. The summed E-state index contributed by atoms with van der Waals surface area (Å²) in [7, 11) is 1.71. The number of nitrogens with zero attached hydrogens (tertiary/aromatic N) is 3. The van der Waals surface area contributed by atoms with Crippen LogP contribution in [0.2, 0.25) is 0 Å². The summed E-state index contributed by atoms with van der Waals surface area (Å²) in [5, 5.41) is 17.9. The Morgan fingerprint density at radius 3 is 2.75 bits per heavy atom. The number of nitrogens with two attached hydrogens (primary N) is 1. The van der Waals surface area contributed by atoms with Gasteiger partial charge in [0.1, 0.15) is 0 Å². The van der Waals surface area contributed by atoms with Crippen LogP contribution in [0.4, 0.5) is 0 Å². The van der Waals surface area contributed by atoms with Gasteiger partial charge in [0.05, 0.1) is 17.3 Å². The molecule has 0 radical (unpaired) electrons. The molecule has 7 nitrogen and oxygen atoms in total. The maximum absolute atomic E-state index is 11.7. The summed E-state index contributed by atoms with van der Waals surface area (Å²) in [6.07, 6.45) is 3.02. The third-order valence-corrected chi connectivity index (χ3v) is 2.14. The Labute approximate surface area is 92.9 Å². The monoisotopic (exact) mass is 225 g/mol. The van der Waals surface area contributed by atoms with Crippen LogP contribution in [0.1, 0.15) is 24.2 Å². The molecular weight excluding hydrogens is 210 g/mol. The smallest absolute Gasteiger partial charge is 0.255 e. The van der Waals surface area contributed by atoms with Crippen molar-refractivity contribution < 1.29 is 10.0 Å². The normalized spacial score (nSPS) is 12.6. The molecule has 0 aromatic carbocycles. The minimum Gasteiger partial charge on any atom is -0.409 e. The van der Waals surface area contributed by atoms with Crippen molar-refractivity contribution in [1.82, 2.24) is 15.1 Å². The Morgan fingerprint density at radius 2 is 2.31 bits per heavy atom. The molecule has 0 atom stereocenters. The van der Waals surface area contributed by atoms with E-state index in [4.69, 9.17) is 10.9 Å². The van der Waals surface area contributed by atoms with E-state index in [1.165, 1.54) is 10.9 Å². The van der Waals surface area contributed by atoms with E-state index in [2.05, 4.69) is 15.6 Å². The van der Waals surface area contributed by atoms with Crippen molar-refractivity contribution >= 4 is 11.7 Å². The number of amides is 1. The molecule has 1 aromatic rings.